The number of rotatable bonds is 4. The van der Waals surface area contributed by atoms with Crippen LogP contribution in [-0.4, -0.2) is 46.3 Å². The Labute approximate surface area is 72.4 Å². The molecule has 0 atom stereocenters. The molecule has 0 unspecified atom stereocenters. The Morgan fingerprint density at radius 2 is 1.27 bits per heavy atom. The fourth-order valence-corrected chi connectivity index (χ4v) is 0.680. The Balaban J connectivity index is -0.000000320. The van der Waals surface area contributed by atoms with Crippen LogP contribution in [-0.2, 0) is 5.58 Å². The Kier molecular flexibility index (Phi) is 14.0. The van der Waals surface area contributed by atoms with Crippen LogP contribution in [0.2, 0.25) is 0 Å². The Morgan fingerprint density at radius 3 is 1.45 bits per heavy atom. The monoisotopic (exact) mass is 368 g/mol. The fourth-order valence-electron chi connectivity index (χ4n) is 0.0775. The second-order valence-corrected chi connectivity index (χ2v) is 2.78. The predicted molar refractivity (Wildman–Crippen MR) is 29.1 cm³/mol. The van der Waals surface area contributed by atoms with Crippen LogP contribution in [0.1, 0.15) is 0 Å². The van der Waals surface area contributed by atoms with Gasteiger partial charge in [-0.3, -0.25) is 0 Å². The average molecular weight is 367 g/mol. The van der Waals surface area contributed by atoms with Gasteiger partial charge < -0.3 is 11.0 Å². The van der Waals surface area contributed by atoms with Crippen LogP contribution in [0.25, 0.3) is 0 Å². The molecule has 0 aromatic heterocycles. The maximum absolute atomic E-state index is 9.31. The van der Waals surface area contributed by atoms with Gasteiger partial charge in [0.15, 0.2) is 0 Å². The van der Waals surface area contributed by atoms with Gasteiger partial charge in [0.1, 0.15) is 0 Å². The normalized spacial score (nSPS) is 6.55. The second-order valence-electron chi connectivity index (χ2n) is 0.713. The van der Waals surface area contributed by atoms with Crippen LogP contribution >= 0.6 is 0 Å². The summed E-state index contributed by atoms with van der Waals surface area (Å²) in [5, 5.41) is 16.4. The molecule has 0 spiro atoms. The number of hydrogen-bond donors (Lipinski definition) is 0. The van der Waals surface area contributed by atoms with Crippen molar-refractivity contribution in [3.63, 3.8) is 0 Å². The molecule has 0 aromatic rings. The fraction of sp³-hybridized carbons (Fsp3) is 0. The van der Waals surface area contributed by atoms with Gasteiger partial charge in [0.2, 0.25) is 0 Å². The second kappa shape index (κ2) is 9.24. The van der Waals surface area contributed by atoms with Crippen molar-refractivity contribution in [2.75, 3.05) is 0 Å². The average Bonchev–Trinajstić information content (AvgIpc) is 1.63. The topological polar surface area (TPSA) is 168 Å². The zero-order valence-electron chi connectivity index (χ0n) is 4.84. The van der Waals surface area contributed by atoms with Gasteiger partial charge in [0, 0.05) is 0 Å². The molecule has 0 saturated heterocycles. The molecule has 0 saturated carbocycles. The molecule has 0 fully saturated rings. The van der Waals surface area contributed by atoms with Crippen LogP contribution in [0.15, 0.2) is 0 Å². The molecule has 11 heavy (non-hydrogen) atoms. The van der Waals surface area contributed by atoms with Gasteiger partial charge in [0.25, 0.3) is 0 Å². The molecule has 0 aliphatic rings. The third-order valence-electron chi connectivity index (χ3n) is 0.224. The van der Waals surface area contributed by atoms with E-state index < -0.39 is 35.3 Å². The van der Waals surface area contributed by atoms with Crippen molar-refractivity contribution in [3.05, 3.63) is 20.2 Å². The van der Waals surface area contributed by atoms with Crippen LogP contribution in [0.4, 0.5) is 0 Å². The zero-order valence-corrected chi connectivity index (χ0v) is 8.73. The van der Waals surface area contributed by atoms with Crippen LogP contribution in [0, 0.1) is 20.2 Å². The van der Waals surface area contributed by atoms with Crippen molar-refractivity contribution < 1.29 is 26.7 Å². The standard InChI is InChI=1S/2NO3.2H2O.Pb/c2*2-1(3)4;;;/h;;2*1H2;/q2*-1;;;+2. The van der Waals surface area contributed by atoms with Gasteiger partial charge in [-0.1, -0.05) is 0 Å². The summed E-state index contributed by atoms with van der Waals surface area (Å²) in [6.07, 6.45) is 0. The molecule has 10 nitrogen and oxygen atoms in total. The quantitative estimate of drug-likeness (QED) is 0.297. The van der Waals surface area contributed by atoms with E-state index in [1.807, 2.05) is 0 Å². The molecule has 0 rings (SSSR count). The Bertz CT molecular complexity index is 107. The summed E-state index contributed by atoms with van der Waals surface area (Å²) in [6, 6.07) is 0. The van der Waals surface area contributed by atoms with Crippen LogP contribution in [0.5, 0.6) is 0 Å². The molecule has 0 aromatic carbocycles. The number of nitrogens with zero attached hydrogens (tertiary/aromatic N) is 2. The van der Waals surface area contributed by atoms with Crippen molar-refractivity contribution in [1.29, 1.82) is 0 Å². The molecular weight excluding hydrogens is 363 g/mol. The SMILES string of the molecule is O.O.O=[N+]([O-])[O][Pb][O][N+](=O)[O-]. The van der Waals surface area contributed by atoms with Crippen molar-refractivity contribution in [3.8, 4) is 0 Å². The zero-order chi connectivity index (χ0) is 7.28. The Hall–Kier alpha value is -0.758. The Morgan fingerprint density at radius 1 is 1.00 bits per heavy atom. The van der Waals surface area contributed by atoms with E-state index in [1.165, 1.54) is 0 Å². The predicted octanol–water partition coefficient (Wildman–Crippen LogP) is -2.71. The maximum atomic E-state index is 9.31. The molecule has 11 heteroatoms. The molecule has 0 aliphatic heterocycles. The van der Waals surface area contributed by atoms with E-state index in [1.54, 1.807) is 0 Å². The summed E-state index contributed by atoms with van der Waals surface area (Å²) in [5.74, 6) is 0. The van der Waals surface area contributed by atoms with Gasteiger partial charge >= 0.3 is 61.1 Å². The molecule has 0 bridgehead atoms. The van der Waals surface area contributed by atoms with Crippen molar-refractivity contribution in [2.45, 2.75) is 0 Å². The van der Waals surface area contributed by atoms with E-state index in [0.717, 1.165) is 0 Å². The van der Waals surface area contributed by atoms with Crippen LogP contribution < -0.4 is 0 Å². The summed E-state index contributed by atoms with van der Waals surface area (Å²) in [4.78, 5) is 18.6. The van der Waals surface area contributed by atoms with Gasteiger partial charge in [-0.05, 0) is 0 Å². The van der Waals surface area contributed by atoms with E-state index >= 15 is 0 Å². The molecule has 66 valence electrons. The first kappa shape index (κ1) is 16.7. The summed E-state index contributed by atoms with van der Waals surface area (Å²) in [7, 11) is 0. The van der Waals surface area contributed by atoms with E-state index in [4.69, 9.17) is 0 Å². The molecule has 0 heterocycles. The van der Waals surface area contributed by atoms with Gasteiger partial charge in [0.05, 0.1) is 0 Å². The molecule has 2 radical (unpaired) electrons. The number of hydrogen-bond acceptors (Lipinski definition) is 6. The van der Waals surface area contributed by atoms with E-state index in [0.29, 0.717) is 0 Å². The van der Waals surface area contributed by atoms with Gasteiger partial charge in [-0.25, -0.2) is 0 Å². The molecular formula is H4N2O8Pb. The minimum atomic E-state index is -2.52. The third kappa shape index (κ3) is 17.6. The summed E-state index contributed by atoms with van der Waals surface area (Å²) >= 11 is -2.52. The summed E-state index contributed by atoms with van der Waals surface area (Å²) in [5.41, 5.74) is 0. The first-order valence-electron chi connectivity index (χ1n) is 1.50. The molecule has 4 N–H and O–H groups in total. The van der Waals surface area contributed by atoms with E-state index in [2.05, 4.69) is 5.58 Å². The van der Waals surface area contributed by atoms with E-state index in [-0.39, 0.29) is 11.0 Å². The van der Waals surface area contributed by atoms with Crippen molar-refractivity contribution >= 4 is 25.1 Å². The molecule has 0 aliphatic carbocycles. The summed E-state index contributed by atoms with van der Waals surface area (Å²) in [6.45, 7) is 0. The van der Waals surface area contributed by atoms with Gasteiger partial charge in [-0.2, -0.15) is 0 Å². The van der Waals surface area contributed by atoms with Crippen molar-refractivity contribution in [2.24, 2.45) is 0 Å². The van der Waals surface area contributed by atoms with Crippen LogP contribution in [0.3, 0.4) is 0 Å². The molecule has 0 amide bonds. The first-order valence-corrected chi connectivity index (χ1v) is 4.68. The van der Waals surface area contributed by atoms with Gasteiger partial charge in [-0.15, -0.1) is 0 Å². The minimum absolute atomic E-state index is 0. The third-order valence-corrected chi connectivity index (χ3v) is 1.96. The van der Waals surface area contributed by atoms with Crippen molar-refractivity contribution in [1.82, 2.24) is 0 Å². The van der Waals surface area contributed by atoms with E-state index in [9.17, 15) is 20.2 Å². The summed E-state index contributed by atoms with van der Waals surface area (Å²) < 4.78 is 7.21. The first-order chi connectivity index (χ1) is 4.13.